The zero-order chi connectivity index (χ0) is 37.7. The van der Waals surface area contributed by atoms with Crippen molar-refractivity contribution in [1.82, 2.24) is 4.98 Å². The van der Waals surface area contributed by atoms with Gasteiger partial charge in [0.1, 0.15) is 16.7 Å². The highest BCUT2D eigenvalue weighted by Crippen LogP contribution is 2.41. The first kappa shape index (κ1) is 32.7. The lowest BCUT2D eigenvalue weighted by atomic mass is 9.97. The van der Waals surface area contributed by atoms with E-state index in [-0.39, 0.29) is 0 Å². The van der Waals surface area contributed by atoms with Crippen molar-refractivity contribution >= 4 is 60.9 Å². The van der Waals surface area contributed by atoms with E-state index in [1.807, 2.05) is 42.5 Å². The molecule has 0 amide bonds. The van der Waals surface area contributed by atoms with Gasteiger partial charge >= 0.3 is 0 Å². The van der Waals surface area contributed by atoms with Crippen molar-refractivity contribution in [2.24, 2.45) is 0 Å². The highest BCUT2D eigenvalue weighted by atomic mass is 16.4. The molecule has 0 spiro atoms. The first-order valence-electron chi connectivity index (χ1n) is 19.2. The summed E-state index contributed by atoms with van der Waals surface area (Å²) in [5.74, 6) is 0.598. The van der Waals surface area contributed by atoms with E-state index in [9.17, 15) is 0 Å². The number of benzene rings is 9. The van der Waals surface area contributed by atoms with E-state index in [4.69, 9.17) is 13.8 Å². The molecule has 11 aromatic rings. The lowest BCUT2D eigenvalue weighted by molar-refractivity contribution is 0.619. The molecule has 9 aromatic carbocycles. The van der Waals surface area contributed by atoms with Crippen LogP contribution in [-0.2, 0) is 0 Å². The van der Waals surface area contributed by atoms with Gasteiger partial charge in [0.2, 0.25) is 5.89 Å². The topological polar surface area (TPSA) is 42.4 Å². The summed E-state index contributed by atoms with van der Waals surface area (Å²) in [5.41, 5.74) is 14.3. The van der Waals surface area contributed by atoms with Gasteiger partial charge in [-0.3, -0.25) is 0 Å². The molecule has 4 heteroatoms. The molecule has 0 aliphatic rings. The molecule has 0 saturated heterocycles. The monoisotopic (exact) mass is 730 g/mol. The molecule has 57 heavy (non-hydrogen) atoms. The van der Waals surface area contributed by atoms with Gasteiger partial charge in [0.15, 0.2) is 5.58 Å². The zero-order valence-corrected chi connectivity index (χ0v) is 30.8. The summed E-state index contributed by atoms with van der Waals surface area (Å²) in [5, 5.41) is 4.44. The Hall–Kier alpha value is -7.69. The van der Waals surface area contributed by atoms with Crippen LogP contribution >= 0.6 is 0 Å². The molecule has 0 radical (unpaired) electrons. The average molecular weight is 731 g/mol. The van der Waals surface area contributed by atoms with Crippen LogP contribution in [0.1, 0.15) is 0 Å². The Morgan fingerprint density at radius 3 is 1.70 bits per heavy atom. The highest BCUT2D eigenvalue weighted by molar-refractivity contribution is 6.17. The molecule has 0 atom stereocenters. The Labute approximate surface area is 329 Å². The molecule has 0 aliphatic heterocycles. The minimum Gasteiger partial charge on any atom is -0.456 e. The smallest absolute Gasteiger partial charge is 0.227 e. The van der Waals surface area contributed by atoms with Gasteiger partial charge in [-0.1, -0.05) is 133 Å². The number of nitrogens with zero attached hydrogens (tertiary/aromatic N) is 2. The van der Waals surface area contributed by atoms with Crippen molar-refractivity contribution in [3.8, 4) is 44.8 Å². The summed E-state index contributed by atoms with van der Waals surface area (Å²) in [7, 11) is 0. The van der Waals surface area contributed by atoms with E-state index in [1.54, 1.807) is 0 Å². The van der Waals surface area contributed by atoms with Crippen LogP contribution in [0, 0.1) is 0 Å². The normalized spacial score (nSPS) is 11.5. The van der Waals surface area contributed by atoms with Crippen LogP contribution < -0.4 is 4.90 Å². The molecule has 0 saturated carbocycles. The molecule has 268 valence electrons. The largest absolute Gasteiger partial charge is 0.456 e. The first-order valence-corrected chi connectivity index (χ1v) is 19.2. The number of aromatic nitrogens is 1. The Kier molecular flexibility index (Phi) is 7.78. The molecule has 0 bridgehead atoms. The number of furan rings is 1. The van der Waals surface area contributed by atoms with Crippen LogP contribution in [-0.4, -0.2) is 4.98 Å². The fraction of sp³-hybridized carbons (Fsp3) is 0. The quantitative estimate of drug-likeness (QED) is 0.164. The molecule has 0 aliphatic carbocycles. The highest BCUT2D eigenvalue weighted by Gasteiger charge is 2.18. The molecule has 0 N–H and O–H groups in total. The number of hydrogen-bond acceptors (Lipinski definition) is 4. The molecular formula is C53H34N2O2. The predicted molar refractivity (Wildman–Crippen MR) is 235 cm³/mol. The maximum absolute atomic E-state index is 6.33. The second kappa shape index (κ2) is 13.6. The summed E-state index contributed by atoms with van der Waals surface area (Å²) < 4.78 is 12.6. The zero-order valence-electron chi connectivity index (χ0n) is 30.8. The molecule has 2 aromatic heterocycles. The molecule has 11 rings (SSSR count). The van der Waals surface area contributed by atoms with Gasteiger partial charge in [-0.2, -0.15) is 0 Å². The summed E-state index contributed by atoms with van der Waals surface area (Å²) in [4.78, 5) is 7.29. The third kappa shape index (κ3) is 5.83. The van der Waals surface area contributed by atoms with E-state index in [1.165, 1.54) is 33.0 Å². The van der Waals surface area contributed by atoms with Crippen molar-refractivity contribution in [3.05, 3.63) is 206 Å². The van der Waals surface area contributed by atoms with Gasteiger partial charge < -0.3 is 13.7 Å². The van der Waals surface area contributed by atoms with Gasteiger partial charge in [0, 0.05) is 28.0 Å². The molecule has 4 nitrogen and oxygen atoms in total. The number of fused-ring (bicyclic) bond motifs is 6. The Bertz CT molecular complexity index is 3210. The van der Waals surface area contributed by atoms with Crippen LogP contribution in [0.5, 0.6) is 0 Å². The fourth-order valence-corrected chi connectivity index (χ4v) is 8.11. The standard InChI is InChI=1S/C53H34N2O2/c1-3-11-35(12-4-1)36-21-26-42(27-22-36)55(44-18-9-17-41(33-44)46-20-10-16-38-13-7-8-19-45(38)46)43-28-23-37(24-29-43)40-25-30-48-47(34-40)51-49(56-48)31-32-50-52(51)54-53(57-50)39-14-5-2-6-15-39/h1-34H. The van der Waals surface area contributed by atoms with E-state index in [2.05, 4.69) is 169 Å². The minimum absolute atomic E-state index is 0.598. The van der Waals surface area contributed by atoms with Gasteiger partial charge in [0.05, 0.1) is 5.39 Å². The van der Waals surface area contributed by atoms with Crippen molar-refractivity contribution in [1.29, 1.82) is 0 Å². The third-order valence-corrected chi connectivity index (χ3v) is 10.9. The van der Waals surface area contributed by atoms with Crippen molar-refractivity contribution in [2.45, 2.75) is 0 Å². The molecule has 2 heterocycles. The Balaban J connectivity index is 0.998. The van der Waals surface area contributed by atoms with Crippen molar-refractivity contribution in [3.63, 3.8) is 0 Å². The van der Waals surface area contributed by atoms with Crippen LogP contribution in [0.3, 0.4) is 0 Å². The Morgan fingerprint density at radius 2 is 0.930 bits per heavy atom. The molecular weight excluding hydrogens is 697 g/mol. The van der Waals surface area contributed by atoms with Gasteiger partial charge in [-0.15, -0.1) is 0 Å². The third-order valence-electron chi connectivity index (χ3n) is 10.9. The van der Waals surface area contributed by atoms with E-state index >= 15 is 0 Å². The van der Waals surface area contributed by atoms with E-state index in [0.717, 1.165) is 66.8 Å². The number of hydrogen-bond donors (Lipinski definition) is 0. The molecule has 0 fully saturated rings. The van der Waals surface area contributed by atoms with E-state index in [0.29, 0.717) is 5.89 Å². The summed E-state index contributed by atoms with van der Waals surface area (Å²) >= 11 is 0. The number of rotatable bonds is 7. The maximum atomic E-state index is 6.33. The average Bonchev–Trinajstić information content (AvgIpc) is 3.89. The number of oxazole rings is 1. The van der Waals surface area contributed by atoms with Crippen LogP contribution in [0.15, 0.2) is 215 Å². The SMILES string of the molecule is c1ccc(-c2ccc(N(c3ccc(-c4ccc5oc6ccc7oc(-c8ccccc8)nc7c6c5c4)cc3)c3cccc(-c4cccc5ccccc45)c3)cc2)cc1. The van der Waals surface area contributed by atoms with Crippen molar-refractivity contribution < 1.29 is 8.83 Å². The van der Waals surface area contributed by atoms with Gasteiger partial charge in [-0.05, 0) is 117 Å². The summed E-state index contributed by atoms with van der Waals surface area (Å²) in [6.45, 7) is 0. The maximum Gasteiger partial charge on any atom is 0.227 e. The summed E-state index contributed by atoms with van der Waals surface area (Å²) in [6.07, 6.45) is 0. The van der Waals surface area contributed by atoms with E-state index < -0.39 is 0 Å². The lowest BCUT2D eigenvalue weighted by Gasteiger charge is -2.26. The second-order valence-corrected chi connectivity index (χ2v) is 14.4. The fourth-order valence-electron chi connectivity index (χ4n) is 8.11. The lowest BCUT2D eigenvalue weighted by Crippen LogP contribution is -2.10. The van der Waals surface area contributed by atoms with Crippen molar-refractivity contribution in [2.75, 3.05) is 4.90 Å². The number of anilines is 3. The van der Waals surface area contributed by atoms with Gasteiger partial charge in [0.25, 0.3) is 0 Å². The van der Waals surface area contributed by atoms with Crippen LogP contribution in [0.4, 0.5) is 17.1 Å². The Morgan fingerprint density at radius 1 is 0.351 bits per heavy atom. The first-order chi connectivity index (χ1) is 28.2. The van der Waals surface area contributed by atoms with Crippen LogP contribution in [0.25, 0.3) is 88.6 Å². The summed E-state index contributed by atoms with van der Waals surface area (Å²) in [6, 6.07) is 72.5. The second-order valence-electron chi connectivity index (χ2n) is 14.4. The van der Waals surface area contributed by atoms with Gasteiger partial charge in [-0.25, -0.2) is 4.98 Å². The van der Waals surface area contributed by atoms with Crippen LogP contribution in [0.2, 0.25) is 0 Å². The molecule has 0 unspecified atom stereocenters. The predicted octanol–water partition coefficient (Wildman–Crippen LogP) is 15.0. The minimum atomic E-state index is 0.598.